The van der Waals surface area contributed by atoms with Crippen LogP contribution in [0.4, 0.5) is 67.5 Å². The van der Waals surface area contributed by atoms with Crippen LogP contribution < -0.4 is 30.7 Å². The number of rotatable bonds is 12. The SMILES string of the molecule is O=C(Nc1ccc(S(=O)(=O)c2ccc(NC(=O)Nc3cccc(OC(F)(F)C(F)F)c3)cc2)cc1)Nc1cccc(OC(F)(F)C(F)F)c1. The van der Waals surface area contributed by atoms with Gasteiger partial charge in [-0.25, -0.2) is 18.0 Å². The molecule has 0 radical (unpaired) electrons. The molecule has 0 fully saturated rings. The van der Waals surface area contributed by atoms with Crippen LogP contribution in [0, 0.1) is 0 Å². The van der Waals surface area contributed by atoms with E-state index in [0.29, 0.717) is 0 Å². The van der Waals surface area contributed by atoms with E-state index in [0.717, 1.165) is 24.3 Å². The standard InChI is InChI=1S/C30H22F8N4O6S/c31-25(32)29(35,36)47-21-5-1-3-19(15-21)41-27(43)39-17-7-11-23(12-8-17)49(45,46)24-13-9-18(10-14-24)40-28(44)42-20-4-2-6-22(16-20)48-30(37,38)26(33)34/h1-16,25-26H,(H2,39,41,43)(H2,40,42,44). The monoisotopic (exact) mass is 718 g/mol. The van der Waals surface area contributed by atoms with Gasteiger partial charge in [0.25, 0.3) is 0 Å². The molecule has 0 aromatic heterocycles. The lowest BCUT2D eigenvalue weighted by Crippen LogP contribution is -2.33. The maximum Gasteiger partial charge on any atom is 0.461 e. The van der Waals surface area contributed by atoms with Crippen molar-refractivity contribution in [1.82, 2.24) is 0 Å². The van der Waals surface area contributed by atoms with E-state index in [1.54, 1.807) is 0 Å². The van der Waals surface area contributed by atoms with Crippen LogP contribution >= 0.6 is 0 Å². The van der Waals surface area contributed by atoms with Crippen molar-refractivity contribution < 1.29 is 62.6 Å². The zero-order valence-corrected chi connectivity index (χ0v) is 25.1. The van der Waals surface area contributed by atoms with Gasteiger partial charge < -0.3 is 30.7 Å². The summed E-state index contributed by atoms with van der Waals surface area (Å²) in [5, 5.41) is 9.35. The quantitative estimate of drug-likeness (QED) is 0.109. The number of ether oxygens (including phenoxy) is 2. The Labute approximate surface area is 271 Å². The van der Waals surface area contributed by atoms with Gasteiger partial charge in [0.2, 0.25) is 9.84 Å². The molecule has 4 N–H and O–H groups in total. The van der Waals surface area contributed by atoms with Gasteiger partial charge in [-0.2, -0.15) is 35.1 Å². The average molecular weight is 719 g/mol. The van der Waals surface area contributed by atoms with Gasteiger partial charge in [0.15, 0.2) is 0 Å². The third-order valence-corrected chi connectivity index (χ3v) is 7.83. The Hall–Kier alpha value is -5.59. The molecular weight excluding hydrogens is 696 g/mol. The Kier molecular flexibility index (Phi) is 10.9. The number of carbonyl (C=O) groups excluding carboxylic acids is 2. The molecule has 0 saturated heterocycles. The highest BCUT2D eigenvalue weighted by Crippen LogP contribution is 2.31. The number of alkyl halides is 8. The number of benzene rings is 4. The zero-order chi connectivity index (χ0) is 36.0. The van der Waals surface area contributed by atoms with Crippen LogP contribution in [-0.4, -0.2) is 45.5 Å². The third-order valence-electron chi connectivity index (χ3n) is 6.04. The topological polar surface area (TPSA) is 135 Å². The largest absolute Gasteiger partial charge is 0.461 e. The Morgan fingerprint density at radius 3 is 1.18 bits per heavy atom. The van der Waals surface area contributed by atoms with E-state index in [9.17, 15) is 53.1 Å². The molecule has 0 aliphatic rings. The summed E-state index contributed by atoms with van der Waals surface area (Å²) in [6.45, 7) is 0. The first-order valence-corrected chi connectivity index (χ1v) is 14.9. The fourth-order valence-electron chi connectivity index (χ4n) is 3.84. The molecule has 10 nitrogen and oxygen atoms in total. The first kappa shape index (κ1) is 36.2. The van der Waals surface area contributed by atoms with Crippen molar-refractivity contribution in [3.05, 3.63) is 97.1 Å². The summed E-state index contributed by atoms with van der Waals surface area (Å²) in [7, 11) is -4.09. The van der Waals surface area contributed by atoms with Crippen LogP contribution in [0.2, 0.25) is 0 Å². The average Bonchev–Trinajstić information content (AvgIpc) is 3.01. The van der Waals surface area contributed by atoms with Crippen molar-refractivity contribution in [2.24, 2.45) is 0 Å². The van der Waals surface area contributed by atoms with Crippen molar-refractivity contribution >= 4 is 44.6 Å². The second kappa shape index (κ2) is 14.7. The van der Waals surface area contributed by atoms with E-state index >= 15 is 0 Å². The number of hydrogen-bond acceptors (Lipinski definition) is 6. The highest BCUT2D eigenvalue weighted by atomic mass is 32.2. The lowest BCUT2D eigenvalue weighted by atomic mass is 10.3. The van der Waals surface area contributed by atoms with E-state index in [2.05, 4.69) is 30.7 Å². The molecule has 0 unspecified atom stereocenters. The van der Waals surface area contributed by atoms with Crippen LogP contribution in [0.25, 0.3) is 0 Å². The predicted molar refractivity (Wildman–Crippen MR) is 160 cm³/mol. The molecule has 4 rings (SSSR count). The predicted octanol–water partition coefficient (Wildman–Crippen LogP) is 8.28. The fourth-order valence-corrected chi connectivity index (χ4v) is 5.10. The van der Waals surface area contributed by atoms with E-state index < -0.39 is 58.5 Å². The summed E-state index contributed by atoms with van der Waals surface area (Å²) < 4.78 is 136. The minimum Gasteiger partial charge on any atom is -0.428 e. The molecule has 0 atom stereocenters. The maximum atomic E-state index is 13.2. The van der Waals surface area contributed by atoms with Crippen molar-refractivity contribution in [3.8, 4) is 11.5 Å². The van der Waals surface area contributed by atoms with Gasteiger partial charge in [-0.3, -0.25) is 0 Å². The minimum atomic E-state index is -4.75. The van der Waals surface area contributed by atoms with Gasteiger partial charge in [0.1, 0.15) is 11.5 Å². The maximum absolute atomic E-state index is 13.2. The Morgan fingerprint density at radius 1 is 0.531 bits per heavy atom. The number of urea groups is 2. The normalized spacial score (nSPS) is 12.0. The first-order valence-electron chi connectivity index (χ1n) is 13.5. The molecule has 4 aromatic rings. The number of halogens is 8. The summed E-state index contributed by atoms with van der Waals surface area (Å²) in [6, 6.07) is 16.6. The summed E-state index contributed by atoms with van der Waals surface area (Å²) in [5.74, 6) is -1.27. The molecule has 0 aliphatic carbocycles. The van der Waals surface area contributed by atoms with Crippen molar-refractivity contribution in [3.63, 3.8) is 0 Å². The number of amides is 4. The lowest BCUT2D eigenvalue weighted by molar-refractivity contribution is -0.253. The highest BCUT2D eigenvalue weighted by molar-refractivity contribution is 7.91. The molecule has 260 valence electrons. The molecule has 0 spiro atoms. The van der Waals surface area contributed by atoms with Gasteiger partial charge in [-0.15, -0.1) is 0 Å². The molecule has 0 saturated carbocycles. The second-order valence-electron chi connectivity index (χ2n) is 9.70. The molecule has 49 heavy (non-hydrogen) atoms. The van der Waals surface area contributed by atoms with Crippen LogP contribution in [0.5, 0.6) is 11.5 Å². The Balaban J connectivity index is 1.33. The molecule has 4 amide bonds. The van der Waals surface area contributed by atoms with Gasteiger partial charge >= 0.3 is 37.1 Å². The number of sulfone groups is 1. The second-order valence-corrected chi connectivity index (χ2v) is 11.6. The highest BCUT2D eigenvalue weighted by Gasteiger charge is 2.44. The third kappa shape index (κ3) is 9.72. The number of hydrogen-bond donors (Lipinski definition) is 4. The Bertz CT molecular complexity index is 1770. The van der Waals surface area contributed by atoms with Crippen molar-refractivity contribution in [1.29, 1.82) is 0 Å². The van der Waals surface area contributed by atoms with E-state index in [1.807, 2.05) is 0 Å². The van der Waals surface area contributed by atoms with Crippen LogP contribution in [0.1, 0.15) is 0 Å². The number of nitrogens with one attached hydrogen (secondary N) is 4. The molecule has 0 bridgehead atoms. The van der Waals surface area contributed by atoms with Crippen molar-refractivity contribution in [2.75, 3.05) is 21.3 Å². The van der Waals surface area contributed by atoms with Gasteiger partial charge in [0, 0.05) is 34.9 Å². The van der Waals surface area contributed by atoms with Gasteiger partial charge in [-0.1, -0.05) is 12.1 Å². The van der Waals surface area contributed by atoms with Gasteiger partial charge in [0.05, 0.1) is 9.79 Å². The van der Waals surface area contributed by atoms with Crippen LogP contribution in [0.3, 0.4) is 0 Å². The zero-order valence-electron chi connectivity index (χ0n) is 24.3. The van der Waals surface area contributed by atoms with E-state index in [4.69, 9.17) is 0 Å². The number of carbonyl (C=O) groups is 2. The smallest absolute Gasteiger partial charge is 0.428 e. The summed E-state index contributed by atoms with van der Waals surface area (Å²) in [5.41, 5.74) is 0.0961. The van der Waals surface area contributed by atoms with E-state index in [-0.39, 0.29) is 32.5 Å². The molecule has 19 heteroatoms. The minimum absolute atomic E-state index is 0.0755. The summed E-state index contributed by atoms with van der Waals surface area (Å²) in [4.78, 5) is 24.3. The van der Waals surface area contributed by atoms with Gasteiger partial charge in [-0.05, 0) is 72.8 Å². The summed E-state index contributed by atoms with van der Waals surface area (Å²) in [6.07, 6.45) is -17.7. The fraction of sp³-hybridized carbons (Fsp3) is 0.133. The summed E-state index contributed by atoms with van der Waals surface area (Å²) >= 11 is 0. The van der Waals surface area contributed by atoms with Crippen LogP contribution in [-0.2, 0) is 9.84 Å². The van der Waals surface area contributed by atoms with E-state index in [1.165, 1.54) is 72.8 Å². The first-order chi connectivity index (χ1) is 22.9. The van der Waals surface area contributed by atoms with Crippen LogP contribution in [0.15, 0.2) is 107 Å². The molecular formula is C30H22F8N4O6S. The Morgan fingerprint density at radius 2 is 0.857 bits per heavy atom. The van der Waals surface area contributed by atoms with Crippen molar-refractivity contribution in [2.45, 2.75) is 34.9 Å². The number of anilines is 4. The lowest BCUT2D eigenvalue weighted by Gasteiger charge is -2.17. The molecule has 0 heterocycles. The molecule has 0 aliphatic heterocycles. The molecule has 4 aromatic carbocycles.